The molecule has 1 saturated heterocycles. The highest BCUT2D eigenvalue weighted by Crippen LogP contribution is 2.10. The van der Waals surface area contributed by atoms with Crippen LogP contribution in [0.1, 0.15) is 30.8 Å². The molecule has 0 amide bonds. The van der Waals surface area contributed by atoms with E-state index in [4.69, 9.17) is 9.52 Å². The Labute approximate surface area is 99.3 Å². The van der Waals surface area contributed by atoms with Gasteiger partial charge in [-0.05, 0) is 25.0 Å². The lowest BCUT2D eigenvalue weighted by molar-refractivity contribution is -0.919. The molecular weight excluding hydrogens is 222 g/mol. The molecule has 2 rings (SSSR count). The molecule has 0 radical (unpaired) electrons. The molecule has 5 heteroatoms. The second-order valence-corrected chi connectivity index (χ2v) is 4.47. The van der Waals surface area contributed by atoms with E-state index in [1.807, 2.05) is 0 Å². The Kier molecular flexibility index (Phi) is 3.81. The van der Waals surface area contributed by atoms with Crippen LogP contribution in [0.2, 0.25) is 0 Å². The third kappa shape index (κ3) is 2.87. The molecule has 0 aliphatic carbocycles. The van der Waals surface area contributed by atoms with Crippen LogP contribution >= 0.6 is 0 Å². The van der Waals surface area contributed by atoms with Gasteiger partial charge in [0.25, 0.3) is 0 Å². The lowest BCUT2D eigenvalue weighted by Gasteiger charge is -2.24. The normalized spacial score (nSPS) is 17.2. The van der Waals surface area contributed by atoms with Crippen LogP contribution < -0.4 is 15.4 Å². The van der Waals surface area contributed by atoms with Crippen molar-refractivity contribution in [2.75, 3.05) is 13.1 Å². The number of hydrogen-bond donors (Lipinski definition) is 2. The van der Waals surface area contributed by atoms with E-state index >= 15 is 0 Å². The molecule has 0 spiro atoms. The smallest absolute Gasteiger partial charge is 0.177 e. The fourth-order valence-corrected chi connectivity index (χ4v) is 2.23. The summed E-state index contributed by atoms with van der Waals surface area (Å²) in [6.45, 7) is 2.11. The first-order valence-electron chi connectivity index (χ1n) is 5.98. The summed E-state index contributed by atoms with van der Waals surface area (Å²) in [4.78, 5) is 12.6. The van der Waals surface area contributed by atoms with Gasteiger partial charge in [0.15, 0.2) is 11.2 Å². The van der Waals surface area contributed by atoms with E-state index in [0.717, 1.165) is 32.0 Å². The highest BCUT2D eigenvalue weighted by atomic mass is 16.4. The number of nitrogens with one attached hydrogen (secondary N) is 1. The zero-order valence-corrected chi connectivity index (χ0v) is 9.70. The number of hydrogen-bond acceptors (Lipinski definition) is 4. The molecule has 0 atom stereocenters. The second kappa shape index (κ2) is 5.33. The molecule has 1 fully saturated rings. The predicted octanol–water partition coefficient (Wildman–Crippen LogP) is -1.23. The summed E-state index contributed by atoms with van der Waals surface area (Å²) < 4.78 is 5.26. The van der Waals surface area contributed by atoms with E-state index in [9.17, 15) is 9.90 Å². The van der Waals surface area contributed by atoms with Gasteiger partial charge in [-0.2, -0.15) is 0 Å². The van der Waals surface area contributed by atoms with Crippen LogP contribution in [-0.4, -0.2) is 18.2 Å². The summed E-state index contributed by atoms with van der Waals surface area (Å²) in [7, 11) is 0. The predicted molar refractivity (Wildman–Crippen MR) is 58.6 cm³/mol. The van der Waals surface area contributed by atoms with Crippen molar-refractivity contribution in [3.8, 4) is 5.75 Å². The van der Waals surface area contributed by atoms with Crippen molar-refractivity contribution in [3.05, 3.63) is 27.8 Å². The molecule has 0 saturated carbocycles. The molecule has 1 aliphatic heterocycles. The number of rotatable bonds is 3. The Morgan fingerprint density at radius 3 is 2.71 bits per heavy atom. The maximum atomic E-state index is 11.6. The SMILES string of the molecule is O=c1cc(CO)oc(C[NH+]2CCCCC2)c1[O-]. The maximum Gasteiger partial charge on any atom is 0.177 e. The van der Waals surface area contributed by atoms with Crippen molar-refractivity contribution in [2.45, 2.75) is 32.4 Å². The molecule has 0 aromatic carbocycles. The lowest BCUT2D eigenvalue weighted by atomic mass is 10.1. The van der Waals surface area contributed by atoms with Gasteiger partial charge in [0, 0.05) is 6.07 Å². The molecule has 1 aliphatic rings. The highest BCUT2D eigenvalue weighted by Gasteiger charge is 2.16. The fraction of sp³-hybridized carbons (Fsp3) is 0.583. The van der Waals surface area contributed by atoms with Crippen LogP contribution in [0.5, 0.6) is 5.75 Å². The van der Waals surface area contributed by atoms with E-state index in [1.54, 1.807) is 0 Å². The summed E-state index contributed by atoms with van der Waals surface area (Å²) in [6.07, 6.45) is 3.52. The maximum absolute atomic E-state index is 11.6. The van der Waals surface area contributed by atoms with Crippen molar-refractivity contribution in [2.24, 2.45) is 0 Å². The average molecular weight is 239 g/mol. The summed E-state index contributed by atoms with van der Waals surface area (Å²) in [5.74, 6) is -0.222. The third-order valence-corrected chi connectivity index (χ3v) is 3.15. The van der Waals surface area contributed by atoms with Gasteiger partial charge in [0.2, 0.25) is 0 Å². The van der Waals surface area contributed by atoms with Crippen LogP contribution in [0, 0.1) is 0 Å². The molecule has 2 heterocycles. The number of likely N-dealkylation sites (tertiary alicyclic amines) is 1. The van der Waals surface area contributed by atoms with Crippen LogP contribution in [0.15, 0.2) is 15.3 Å². The summed E-state index contributed by atoms with van der Waals surface area (Å²) in [6, 6.07) is 1.07. The fourth-order valence-electron chi connectivity index (χ4n) is 2.23. The standard InChI is InChI=1S/C12H17NO4/c14-8-9-6-10(15)12(16)11(17-9)7-13-4-2-1-3-5-13/h6,14,16H,1-5,7-8H2. The molecule has 0 bridgehead atoms. The number of aliphatic hydroxyl groups excluding tert-OH is 1. The topological polar surface area (TPSA) is 77.9 Å². The molecule has 1 aromatic rings. The number of aliphatic hydroxyl groups is 1. The van der Waals surface area contributed by atoms with Crippen molar-refractivity contribution in [1.29, 1.82) is 0 Å². The van der Waals surface area contributed by atoms with E-state index < -0.39 is 11.2 Å². The zero-order valence-electron chi connectivity index (χ0n) is 9.70. The van der Waals surface area contributed by atoms with Crippen LogP contribution in [0.3, 0.4) is 0 Å². The third-order valence-electron chi connectivity index (χ3n) is 3.15. The Morgan fingerprint density at radius 2 is 2.06 bits per heavy atom. The van der Waals surface area contributed by atoms with Gasteiger partial charge in [0.1, 0.15) is 18.9 Å². The molecule has 1 aromatic heterocycles. The summed E-state index contributed by atoms with van der Waals surface area (Å²) >= 11 is 0. The minimum absolute atomic E-state index is 0.168. The molecule has 5 nitrogen and oxygen atoms in total. The van der Waals surface area contributed by atoms with Crippen LogP contribution in [0.25, 0.3) is 0 Å². The van der Waals surface area contributed by atoms with Gasteiger partial charge in [0.05, 0.1) is 13.1 Å². The molecular formula is C12H17NO4. The van der Waals surface area contributed by atoms with E-state index in [0.29, 0.717) is 6.54 Å². The minimum atomic E-state index is -0.591. The quantitative estimate of drug-likeness (QED) is 0.692. The van der Waals surface area contributed by atoms with Crippen molar-refractivity contribution in [3.63, 3.8) is 0 Å². The first kappa shape index (κ1) is 12.1. The average Bonchev–Trinajstić information content (AvgIpc) is 2.36. The summed E-state index contributed by atoms with van der Waals surface area (Å²) in [5, 5.41) is 20.6. The Morgan fingerprint density at radius 1 is 1.35 bits per heavy atom. The Bertz CT molecular complexity index is 435. The van der Waals surface area contributed by atoms with Gasteiger partial charge >= 0.3 is 0 Å². The van der Waals surface area contributed by atoms with E-state index in [2.05, 4.69) is 0 Å². The Hall–Kier alpha value is -1.33. The van der Waals surface area contributed by atoms with Crippen molar-refractivity contribution < 1.29 is 19.5 Å². The second-order valence-electron chi connectivity index (χ2n) is 4.47. The van der Waals surface area contributed by atoms with Gasteiger partial charge in [-0.1, -0.05) is 0 Å². The van der Waals surface area contributed by atoms with Crippen molar-refractivity contribution in [1.82, 2.24) is 0 Å². The van der Waals surface area contributed by atoms with Gasteiger partial charge < -0.3 is 19.5 Å². The Balaban J connectivity index is 2.18. The lowest BCUT2D eigenvalue weighted by Crippen LogP contribution is -3.11. The summed E-state index contributed by atoms with van der Waals surface area (Å²) in [5.41, 5.74) is -0.591. The molecule has 0 unspecified atom stereocenters. The van der Waals surface area contributed by atoms with E-state index in [1.165, 1.54) is 11.3 Å². The molecule has 94 valence electrons. The van der Waals surface area contributed by atoms with Gasteiger partial charge in [-0.15, -0.1) is 0 Å². The first-order chi connectivity index (χ1) is 8.20. The monoisotopic (exact) mass is 239 g/mol. The highest BCUT2D eigenvalue weighted by molar-refractivity contribution is 5.22. The van der Waals surface area contributed by atoms with Crippen LogP contribution in [0.4, 0.5) is 0 Å². The minimum Gasteiger partial charge on any atom is -0.867 e. The number of piperidine rings is 1. The molecule has 2 N–H and O–H groups in total. The van der Waals surface area contributed by atoms with Crippen molar-refractivity contribution >= 4 is 0 Å². The van der Waals surface area contributed by atoms with Gasteiger partial charge in [-0.3, -0.25) is 4.79 Å². The van der Waals surface area contributed by atoms with Crippen LogP contribution in [-0.2, 0) is 13.2 Å². The zero-order chi connectivity index (χ0) is 12.3. The molecule has 17 heavy (non-hydrogen) atoms. The van der Waals surface area contributed by atoms with E-state index in [-0.39, 0.29) is 18.1 Å². The largest absolute Gasteiger partial charge is 0.867 e. The van der Waals surface area contributed by atoms with Gasteiger partial charge in [-0.25, -0.2) is 0 Å². The number of quaternary nitrogens is 1. The first-order valence-corrected chi connectivity index (χ1v) is 5.98.